The van der Waals surface area contributed by atoms with Crippen molar-refractivity contribution < 1.29 is 43.2 Å². The van der Waals surface area contributed by atoms with E-state index in [4.69, 9.17) is 18.9 Å². The molecule has 0 aromatic carbocycles. The Kier molecular flexibility index (Phi) is 6.76. The average Bonchev–Trinajstić information content (AvgIpc) is 2.75. The van der Waals surface area contributed by atoms with Gasteiger partial charge in [0.2, 0.25) is 17.2 Å². The minimum absolute atomic E-state index is 0.0150. The number of ether oxygens (including phenoxy) is 4. The molecule has 9 heteroatoms. The van der Waals surface area contributed by atoms with Crippen LogP contribution in [0.2, 0.25) is 0 Å². The summed E-state index contributed by atoms with van der Waals surface area (Å²) in [5.41, 5.74) is -1.92. The summed E-state index contributed by atoms with van der Waals surface area (Å²) in [6.45, 7) is 7.38. The molecule has 178 valence electrons. The van der Waals surface area contributed by atoms with Crippen molar-refractivity contribution in [2.24, 2.45) is 0 Å². The summed E-state index contributed by atoms with van der Waals surface area (Å²) in [5.74, 6) is -5.02. The number of carbonyl (C=O) groups excluding carboxylic acids is 4. The van der Waals surface area contributed by atoms with Crippen LogP contribution in [0.1, 0.15) is 47.5 Å². The minimum atomic E-state index is -2.08. The second kappa shape index (κ2) is 9.07. The maximum Gasteiger partial charge on any atom is 0.334 e. The zero-order valence-electron chi connectivity index (χ0n) is 19.2. The average molecular weight is 460 g/mol. The third kappa shape index (κ3) is 4.30. The summed E-state index contributed by atoms with van der Waals surface area (Å²) in [6.07, 6.45) is 4.90. The highest BCUT2D eigenvalue weighted by atomic mass is 16.7. The minimum Gasteiger partial charge on any atom is -0.462 e. The van der Waals surface area contributed by atoms with Crippen molar-refractivity contribution in [2.75, 3.05) is 0 Å². The highest BCUT2D eigenvalue weighted by molar-refractivity contribution is 6.26. The van der Waals surface area contributed by atoms with Gasteiger partial charge < -0.3 is 24.1 Å². The first kappa shape index (κ1) is 24.6. The first-order chi connectivity index (χ1) is 15.5. The summed E-state index contributed by atoms with van der Waals surface area (Å²) >= 11 is 0. The van der Waals surface area contributed by atoms with Crippen LogP contribution in [0.4, 0.5) is 0 Å². The second-order valence-corrected chi connectivity index (χ2v) is 8.47. The molecule has 1 fully saturated rings. The van der Waals surface area contributed by atoms with Gasteiger partial charge in [0.15, 0.2) is 6.10 Å². The fourth-order valence-electron chi connectivity index (χ4n) is 4.05. The smallest absolute Gasteiger partial charge is 0.334 e. The predicted molar refractivity (Wildman–Crippen MR) is 114 cm³/mol. The van der Waals surface area contributed by atoms with Gasteiger partial charge in [0.25, 0.3) is 5.79 Å². The van der Waals surface area contributed by atoms with Crippen molar-refractivity contribution in [3.63, 3.8) is 0 Å². The van der Waals surface area contributed by atoms with Gasteiger partial charge in [-0.3, -0.25) is 14.4 Å². The second-order valence-electron chi connectivity index (χ2n) is 8.47. The van der Waals surface area contributed by atoms with Gasteiger partial charge in [0, 0.05) is 18.1 Å². The number of carbonyl (C=O) groups is 4. The molecule has 0 aromatic heterocycles. The monoisotopic (exact) mass is 460 g/mol. The Labute approximate surface area is 191 Å². The molecule has 3 aliphatic rings. The molecular formula is C24H28O9. The first-order valence-electron chi connectivity index (χ1n) is 10.7. The maximum atomic E-state index is 13.2. The summed E-state index contributed by atoms with van der Waals surface area (Å²) in [4.78, 5) is 50.5. The van der Waals surface area contributed by atoms with Crippen LogP contribution in [0.3, 0.4) is 0 Å². The summed E-state index contributed by atoms with van der Waals surface area (Å²) in [7, 11) is 0. The van der Waals surface area contributed by atoms with E-state index in [0.29, 0.717) is 6.42 Å². The molecule has 33 heavy (non-hydrogen) atoms. The van der Waals surface area contributed by atoms with E-state index in [2.05, 4.69) is 0 Å². The van der Waals surface area contributed by atoms with E-state index in [1.807, 2.05) is 0 Å². The fraction of sp³-hybridized carbons (Fsp3) is 0.500. The Hall–Kier alpha value is -3.04. The lowest BCUT2D eigenvalue weighted by atomic mass is 9.75. The number of fused-ring (bicyclic) bond motifs is 1. The van der Waals surface area contributed by atoms with Crippen LogP contribution < -0.4 is 0 Å². The lowest BCUT2D eigenvalue weighted by Gasteiger charge is -2.49. The molecule has 0 bridgehead atoms. The third-order valence-corrected chi connectivity index (χ3v) is 5.88. The number of hydrogen-bond donors (Lipinski definition) is 1. The predicted octanol–water partition coefficient (Wildman–Crippen LogP) is 1.99. The van der Waals surface area contributed by atoms with Crippen molar-refractivity contribution in [2.45, 2.75) is 77.2 Å². The van der Waals surface area contributed by atoms with E-state index in [-0.39, 0.29) is 29.2 Å². The van der Waals surface area contributed by atoms with Gasteiger partial charge in [0.05, 0.1) is 17.9 Å². The quantitative estimate of drug-likeness (QED) is 0.290. The molecule has 0 aromatic rings. The van der Waals surface area contributed by atoms with E-state index in [1.165, 1.54) is 6.92 Å². The van der Waals surface area contributed by atoms with E-state index in [1.54, 1.807) is 39.0 Å². The third-order valence-electron chi connectivity index (χ3n) is 5.88. The van der Waals surface area contributed by atoms with Gasteiger partial charge in [-0.15, -0.1) is 0 Å². The SMILES string of the molecule is C/C=C/C=C(\C)C(=O)O[C@@H]1C2=CC(=O)[C@](C)(OC(C)=O)C(=O)C2=CO[C@@]12O[C@@H](C)CC[C@H]2O. The Morgan fingerprint density at radius 1 is 1.24 bits per heavy atom. The van der Waals surface area contributed by atoms with Crippen LogP contribution in [0.5, 0.6) is 0 Å². The Bertz CT molecular complexity index is 1000. The van der Waals surface area contributed by atoms with Gasteiger partial charge in [-0.05, 0) is 46.6 Å². The largest absolute Gasteiger partial charge is 0.462 e. The molecule has 2 heterocycles. The van der Waals surface area contributed by atoms with Gasteiger partial charge >= 0.3 is 11.9 Å². The normalized spacial score (nSPS) is 34.4. The molecular weight excluding hydrogens is 432 g/mol. The van der Waals surface area contributed by atoms with Crippen molar-refractivity contribution in [3.05, 3.63) is 47.3 Å². The number of esters is 2. The number of allylic oxidation sites excluding steroid dienone is 3. The number of rotatable bonds is 4. The van der Waals surface area contributed by atoms with E-state index < -0.39 is 47.1 Å². The topological polar surface area (TPSA) is 125 Å². The van der Waals surface area contributed by atoms with Crippen LogP contribution in [-0.2, 0) is 38.1 Å². The van der Waals surface area contributed by atoms with Crippen molar-refractivity contribution in [1.82, 2.24) is 0 Å². The molecule has 1 saturated heterocycles. The van der Waals surface area contributed by atoms with Crippen molar-refractivity contribution in [1.29, 1.82) is 0 Å². The van der Waals surface area contributed by atoms with E-state index in [9.17, 15) is 24.3 Å². The van der Waals surface area contributed by atoms with Crippen LogP contribution in [0, 0.1) is 0 Å². The first-order valence-corrected chi connectivity index (χ1v) is 10.7. The van der Waals surface area contributed by atoms with Gasteiger partial charge in [0.1, 0.15) is 6.10 Å². The number of hydrogen-bond acceptors (Lipinski definition) is 9. The maximum absolute atomic E-state index is 13.2. The summed E-state index contributed by atoms with van der Waals surface area (Å²) in [6, 6.07) is 0. The Morgan fingerprint density at radius 3 is 2.58 bits per heavy atom. The van der Waals surface area contributed by atoms with Crippen LogP contribution >= 0.6 is 0 Å². The zero-order valence-corrected chi connectivity index (χ0v) is 19.2. The number of aliphatic hydroxyl groups excluding tert-OH is 1. The molecule has 0 amide bonds. The van der Waals surface area contributed by atoms with Gasteiger partial charge in [-0.25, -0.2) is 4.79 Å². The Morgan fingerprint density at radius 2 is 1.94 bits per heavy atom. The van der Waals surface area contributed by atoms with E-state index in [0.717, 1.165) is 19.3 Å². The Balaban J connectivity index is 2.11. The van der Waals surface area contributed by atoms with E-state index >= 15 is 0 Å². The summed E-state index contributed by atoms with van der Waals surface area (Å²) in [5, 5.41) is 10.8. The highest BCUT2D eigenvalue weighted by Gasteiger charge is 2.61. The zero-order chi connectivity index (χ0) is 24.6. The number of aliphatic hydroxyl groups is 1. The lowest BCUT2D eigenvalue weighted by Crippen LogP contribution is -2.64. The highest BCUT2D eigenvalue weighted by Crippen LogP contribution is 2.45. The standard InChI is InChI=1S/C24H28O9/c1-6-7-8-13(2)22(29)31-21-16-11-19(27)23(5,33-15(4)25)20(28)17(16)12-30-24(21)18(26)10-9-14(3)32-24/h6-8,11-12,14,18,21,26H,9-10H2,1-5H3/b7-6+,13-8+/t14-,18+,21+,23-,24-/m0/s1. The molecule has 1 aliphatic carbocycles. The van der Waals surface area contributed by atoms with Gasteiger partial charge in [-0.1, -0.05) is 18.2 Å². The molecule has 0 saturated carbocycles. The van der Waals surface area contributed by atoms with Crippen LogP contribution in [0.15, 0.2) is 47.3 Å². The molecule has 9 nitrogen and oxygen atoms in total. The molecule has 3 rings (SSSR count). The van der Waals surface area contributed by atoms with Crippen LogP contribution in [0.25, 0.3) is 0 Å². The molecule has 5 atom stereocenters. The molecule has 0 radical (unpaired) electrons. The molecule has 2 aliphatic heterocycles. The van der Waals surface area contributed by atoms with Crippen molar-refractivity contribution in [3.8, 4) is 0 Å². The molecule has 0 unspecified atom stereocenters. The lowest BCUT2D eigenvalue weighted by molar-refractivity contribution is -0.332. The van der Waals surface area contributed by atoms with Crippen LogP contribution in [-0.4, -0.2) is 58.3 Å². The molecule has 1 spiro atoms. The van der Waals surface area contributed by atoms with Gasteiger partial charge in [-0.2, -0.15) is 0 Å². The summed E-state index contributed by atoms with van der Waals surface area (Å²) < 4.78 is 22.5. The number of Topliss-reactive ketones (excluding diaryl/α,β-unsaturated/α-hetero) is 1. The fourth-order valence-corrected chi connectivity index (χ4v) is 4.05. The molecule has 1 N–H and O–H groups in total. The number of ketones is 2. The van der Waals surface area contributed by atoms with Crippen molar-refractivity contribution >= 4 is 23.5 Å².